The molecule has 0 radical (unpaired) electrons. The van der Waals surface area contributed by atoms with Gasteiger partial charge in [0.25, 0.3) is 0 Å². The van der Waals surface area contributed by atoms with Crippen molar-refractivity contribution in [1.29, 1.82) is 0 Å². The molecule has 26 heavy (non-hydrogen) atoms. The van der Waals surface area contributed by atoms with Crippen LogP contribution in [0.4, 0.5) is 4.79 Å². The summed E-state index contributed by atoms with van der Waals surface area (Å²) in [4.78, 5) is 23.6. The third-order valence-electron chi connectivity index (χ3n) is 3.38. The maximum atomic E-state index is 11.8. The van der Waals surface area contributed by atoms with Gasteiger partial charge in [0, 0.05) is 13.2 Å². The standard InChI is InChI=1S/C18H35NO7/c1-7-8-10-25-15(13(2)20)9-11-24-12-14(16(21)23-6)19-17(22)26-18(3,4)5/h13-15,20H,7-12H2,1-6H3,(H,19,22)/t13-,14-,15+/m0/s1. The number of esters is 1. The fourth-order valence-electron chi connectivity index (χ4n) is 2.00. The number of aliphatic hydroxyl groups is 1. The molecule has 0 bridgehead atoms. The molecule has 0 rings (SSSR count). The highest BCUT2D eigenvalue weighted by Crippen LogP contribution is 2.08. The fourth-order valence-corrected chi connectivity index (χ4v) is 2.00. The predicted octanol–water partition coefficient (Wildman–Crippen LogP) is 2.03. The van der Waals surface area contributed by atoms with Crippen LogP contribution in [0.25, 0.3) is 0 Å². The highest BCUT2D eigenvalue weighted by atomic mass is 16.6. The maximum Gasteiger partial charge on any atom is 0.408 e. The Morgan fingerprint density at radius 1 is 1.19 bits per heavy atom. The molecule has 0 aromatic heterocycles. The van der Waals surface area contributed by atoms with Crippen LogP contribution in [-0.4, -0.2) is 68.0 Å². The minimum Gasteiger partial charge on any atom is -0.467 e. The number of carbonyl (C=O) groups excluding carboxylic acids is 2. The predicted molar refractivity (Wildman–Crippen MR) is 96.9 cm³/mol. The van der Waals surface area contributed by atoms with Gasteiger partial charge in [-0.05, 0) is 40.5 Å². The Labute approximate surface area is 156 Å². The summed E-state index contributed by atoms with van der Waals surface area (Å²) in [6.07, 6.45) is 0.737. The molecule has 0 aliphatic heterocycles. The number of rotatable bonds is 12. The number of hydrogen-bond acceptors (Lipinski definition) is 7. The van der Waals surface area contributed by atoms with Gasteiger partial charge in [-0.3, -0.25) is 0 Å². The second-order valence-electron chi connectivity index (χ2n) is 7.09. The number of aliphatic hydroxyl groups excluding tert-OH is 1. The largest absolute Gasteiger partial charge is 0.467 e. The summed E-state index contributed by atoms with van der Waals surface area (Å²) >= 11 is 0. The van der Waals surface area contributed by atoms with E-state index in [1.54, 1.807) is 27.7 Å². The number of hydrogen-bond donors (Lipinski definition) is 2. The number of methoxy groups -OCH3 is 1. The molecule has 0 heterocycles. The molecule has 0 fully saturated rings. The molecule has 2 N–H and O–H groups in total. The normalized spacial score (nSPS) is 15.0. The van der Waals surface area contributed by atoms with Crippen LogP contribution in [-0.2, 0) is 23.7 Å². The van der Waals surface area contributed by atoms with Crippen LogP contribution in [0, 0.1) is 0 Å². The lowest BCUT2D eigenvalue weighted by Crippen LogP contribution is -2.46. The lowest BCUT2D eigenvalue weighted by molar-refractivity contribution is -0.145. The van der Waals surface area contributed by atoms with E-state index in [0.29, 0.717) is 13.0 Å². The van der Waals surface area contributed by atoms with Crippen LogP contribution in [0.5, 0.6) is 0 Å². The summed E-state index contributed by atoms with van der Waals surface area (Å²) in [5.41, 5.74) is -0.675. The zero-order valence-electron chi connectivity index (χ0n) is 16.9. The first kappa shape index (κ1) is 24.6. The summed E-state index contributed by atoms with van der Waals surface area (Å²) < 4.78 is 20.9. The van der Waals surface area contributed by atoms with Gasteiger partial charge in [0.2, 0.25) is 0 Å². The molecule has 0 spiro atoms. The minimum absolute atomic E-state index is 0.0621. The summed E-state index contributed by atoms with van der Waals surface area (Å²) in [5.74, 6) is -0.623. The highest BCUT2D eigenvalue weighted by molar-refractivity contribution is 5.81. The molecule has 0 saturated heterocycles. The second kappa shape index (κ2) is 12.9. The van der Waals surface area contributed by atoms with Crippen molar-refractivity contribution in [2.45, 2.75) is 77.7 Å². The first-order valence-electron chi connectivity index (χ1n) is 9.05. The van der Waals surface area contributed by atoms with Crippen molar-refractivity contribution >= 4 is 12.1 Å². The Kier molecular flexibility index (Phi) is 12.2. The molecule has 8 heteroatoms. The number of nitrogens with one attached hydrogen (secondary N) is 1. The van der Waals surface area contributed by atoms with Gasteiger partial charge in [-0.2, -0.15) is 0 Å². The molecular weight excluding hydrogens is 342 g/mol. The van der Waals surface area contributed by atoms with Gasteiger partial charge in [-0.15, -0.1) is 0 Å². The summed E-state index contributed by atoms with van der Waals surface area (Å²) in [5, 5.41) is 12.2. The molecule has 0 unspecified atom stereocenters. The van der Waals surface area contributed by atoms with Crippen LogP contribution in [0.1, 0.15) is 53.9 Å². The van der Waals surface area contributed by atoms with Gasteiger partial charge in [0.05, 0.1) is 25.9 Å². The Bertz CT molecular complexity index is 407. The summed E-state index contributed by atoms with van der Waals surface area (Å²) in [7, 11) is 1.23. The van der Waals surface area contributed by atoms with Gasteiger partial charge < -0.3 is 29.4 Å². The Morgan fingerprint density at radius 3 is 2.35 bits per heavy atom. The van der Waals surface area contributed by atoms with Crippen molar-refractivity contribution in [2.24, 2.45) is 0 Å². The zero-order chi connectivity index (χ0) is 20.2. The smallest absolute Gasteiger partial charge is 0.408 e. The van der Waals surface area contributed by atoms with E-state index in [4.69, 9.17) is 14.2 Å². The van der Waals surface area contributed by atoms with E-state index >= 15 is 0 Å². The van der Waals surface area contributed by atoms with Crippen LogP contribution in [0.3, 0.4) is 0 Å². The second-order valence-corrected chi connectivity index (χ2v) is 7.09. The van der Waals surface area contributed by atoms with Crippen LogP contribution >= 0.6 is 0 Å². The highest BCUT2D eigenvalue weighted by Gasteiger charge is 2.25. The third kappa shape index (κ3) is 12.1. The molecule has 0 aromatic rings. The SMILES string of the molecule is CCCCO[C@H](CCOC[C@H](NC(=O)OC(C)(C)C)C(=O)OC)[C@H](C)O. The molecule has 154 valence electrons. The van der Waals surface area contributed by atoms with E-state index < -0.39 is 29.8 Å². The van der Waals surface area contributed by atoms with E-state index in [1.807, 2.05) is 0 Å². The quantitative estimate of drug-likeness (QED) is 0.396. The van der Waals surface area contributed by atoms with E-state index in [-0.39, 0.29) is 19.3 Å². The van der Waals surface area contributed by atoms with E-state index in [2.05, 4.69) is 17.0 Å². The van der Waals surface area contributed by atoms with Crippen molar-refractivity contribution in [2.75, 3.05) is 26.9 Å². The number of carbonyl (C=O) groups is 2. The average molecular weight is 377 g/mol. The molecule has 0 aromatic carbocycles. The molecule has 8 nitrogen and oxygen atoms in total. The van der Waals surface area contributed by atoms with Crippen molar-refractivity contribution in [3.8, 4) is 0 Å². The van der Waals surface area contributed by atoms with Crippen molar-refractivity contribution < 1.29 is 33.6 Å². The summed E-state index contributed by atoms with van der Waals surface area (Å²) in [6.45, 7) is 9.70. The molecule has 3 atom stereocenters. The van der Waals surface area contributed by atoms with E-state index in [9.17, 15) is 14.7 Å². The molecule has 1 amide bonds. The van der Waals surface area contributed by atoms with Gasteiger partial charge in [-0.1, -0.05) is 13.3 Å². The third-order valence-corrected chi connectivity index (χ3v) is 3.38. The molecule has 0 aliphatic rings. The van der Waals surface area contributed by atoms with Gasteiger partial charge in [0.1, 0.15) is 5.60 Å². The maximum absolute atomic E-state index is 11.8. The van der Waals surface area contributed by atoms with Gasteiger partial charge in [0.15, 0.2) is 6.04 Å². The van der Waals surface area contributed by atoms with Crippen LogP contribution in [0.2, 0.25) is 0 Å². The number of ether oxygens (including phenoxy) is 4. The molecular formula is C18H35NO7. The van der Waals surface area contributed by atoms with E-state index in [1.165, 1.54) is 7.11 Å². The van der Waals surface area contributed by atoms with Crippen molar-refractivity contribution in [3.05, 3.63) is 0 Å². The number of amides is 1. The summed E-state index contributed by atoms with van der Waals surface area (Å²) in [6, 6.07) is -0.971. The average Bonchev–Trinajstić information content (AvgIpc) is 2.53. The lowest BCUT2D eigenvalue weighted by Gasteiger charge is -2.23. The first-order chi connectivity index (χ1) is 12.1. The number of alkyl carbamates (subject to hydrolysis) is 1. The fraction of sp³-hybridized carbons (Fsp3) is 0.889. The van der Waals surface area contributed by atoms with Crippen LogP contribution < -0.4 is 5.32 Å². The lowest BCUT2D eigenvalue weighted by atomic mass is 10.1. The topological polar surface area (TPSA) is 103 Å². The van der Waals surface area contributed by atoms with Crippen LogP contribution in [0.15, 0.2) is 0 Å². The minimum atomic E-state index is -0.971. The Morgan fingerprint density at radius 2 is 1.85 bits per heavy atom. The van der Waals surface area contributed by atoms with Crippen molar-refractivity contribution in [1.82, 2.24) is 5.32 Å². The number of unbranched alkanes of at least 4 members (excludes halogenated alkanes) is 1. The van der Waals surface area contributed by atoms with Gasteiger partial charge in [-0.25, -0.2) is 9.59 Å². The van der Waals surface area contributed by atoms with Gasteiger partial charge >= 0.3 is 12.1 Å². The molecule has 0 saturated carbocycles. The van der Waals surface area contributed by atoms with Crippen molar-refractivity contribution in [3.63, 3.8) is 0 Å². The first-order valence-corrected chi connectivity index (χ1v) is 9.05. The van der Waals surface area contributed by atoms with E-state index in [0.717, 1.165) is 12.8 Å². The monoisotopic (exact) mass is 377 g/mol. The Hall–Kier alpha value is -1.38. The zero-order valence-corrected chi connectivity index (χ0v) is 16.9. The molecule has 0 aliphatic carbocycles. The Balaban J connectivity index is 4.39.